The van der Waals surface area contributed by atoms with E-state index >= 15 is 0 Å². The number of imidazole rings is 1. The number of H-pyrrole nitrogens is 1. The van der Waals surface area contributed by atoms with E-state index < -0.39 is 0 Å². The number of nitrogens with one attached hydrogen (secondary N) is 2. The summed E-state index contributed by atoms with van der Waals surface area (Å²) in [5.41, 5.74) is 2.78. The predicted molar refractivity (Wildman–Crippen MR) is 118 cm³/mol. The molecule has 0 aliphatic rings. The minimum Gasteiger partial charge on any atom is -0.346 e. The van der Waals surface area contributed by atoms with Gasteiger partial charge in [0.15, 0.2) is 0 Å². The molecule has 0 aliphatic carbocycles. The van der Waals surface area contributed by atoms with Gasteiger partial charge >= 0.3 is 0 Å². The topological polar surface area (TPSA) is 96.7 Å². The number of aromatic amines is 1. The summed E-state index contributed by atoms with van der Waals surface area (Å²) >= 11 is 5.90. The smallest absolute Gasteiger partial charge is 0.227 e. The van der Waals surface area contributed by atoms with E-state index in [9.17, 15) is 4.79 Å². The van der Waals surface area contributed by atoms with E-state index in [1.807, 2.05) is 49.4 Å². The number of amides is 1. The van der Waals surface area contributed by atoms with Crippen molar-refractivity contribution in [2.75, 3.05) is 0 Å². The molecule has 2 aromatic carbocycles. The van der Waals surface area contributed by atoms with Crippen LogP contribution in [0.15, 0.2) is 65.3 Å². The Morgan fingerprint density at radius 1 is 1.13 bits per heavy atom. The zero-order valence-corrected chi connectivity index (χ0v) is 17.8. The second-order valence-corrected chi connectivity index (χ2v) is 7.53. The Kier molecular flexibility index (Phi) is 6.43. The lowest BCUT2D eigenvalue weighted by Gasteiger charge is -2.14. The molecule has 0 saturated heterocycles. The van der Waals surface area contributed by atoms with Crippen LogP contribution in [0.2, 0.25) is 5.02 Å². The predicted octanol–water partition coefficient (Wildman–Crippen LogP) is 4.98. The molecule has 0 bridgehead atoms. The summed E-state index contributed by atoms with van der Waals surface area (Å²) < 4.78 is 5.28. The highest BCUT2D eigenvalue weighted by molar-refractivity contribution is 6.30. The second-order valence-electron chi connectivity index (χ2n) is 7.10. The molecule has 1 unspecified atom stereocenters. The van der Waals surface area contributed by atoms with Crippen molar-refractivity contribution in [2.45, 2.75) is 32.2 Å². The van der Waals surface area contributed by atoms with Gasteiger partial charge in [-0.1, -0.05) is 54.0 Å². The number of hydrogen-bond acceptors (Lipinski definition) is 5. The summed E-state index contributed by atoms with van der Waals surface area (Å²) in [5.74, 6) is 1.52. The van der Waals surface area contributed by atoms with E-state index in [0.717, 1.165) is 29.1 Å². The lowest BCUT2D eigenvalue weighted by atomic mass is 10.2. The molecular weight excluding hydrogens is 414 g/mol. The van der Waals surface area contributed by atoms with Crippen LogP contribution in [-0.2, 0) is 11.2 Å². The number of rotatable bonds is 8. The molecule has 0 fully saturated rings. The lowest BCUT2D eigenvalue weighted by Crippen LogP contribution is -2.29. The lowest BCUT2D eigenvalue weighted by molar-refractivity contribution is -0.122. The van der Waals surface area contributed by atoms with Crippen LogP contribution in [0.5, 0.6) is 0 Å². The van der Waals surface area contributed by atoms with E-state index in [0.29, 0.717) is 23.2 Å². The van der Waals surface area contributed by atoms with E-state index in [2.05, 4.69) is 25.4 Å². The quantitative estimate of drug-likeness (QED) is 0.406. The van der Waals surface area contributed by atoms with Gasteiger partial charge in [-0.15, -0.1) is 0 Å². The van der Waals surface area contributed by atoms with E-state index in [1.54, 1.807) is 18.3 Å². The summed E-state index contributed by atoms with van der Waals surface area (Å²) in [7, 11) is 0. The van der Waals surface area contributed by atoms with Gasteiger partial charge in [0.05, 0.1) is 17.9 Å². The summed E-state index contributed by atoms with van der Waals surface area (Å²) in [5, 5.41) is 7.64. The summed E-state index contributed by atoms with van der Waals surface area (Å²) in [6.07, 6.45) is 3.10. The SMILES string of the molecule is CCC(NC(=O)CCc1nc(-c2ccc(Cl)cc2)no1)c1ncc(-c2ccccc2)[nH]1. The van der Waals surface area contributed by atoms with E-state index in [1.165, 1.54) is 0 Å². The number of carbonyl (C=O) groups excluding carboxylic acids is 1. The van der Waals surface area contributed by atoms with Crippen LogP contribution in [0.4, 0.5) is 0 Å². The van der Waals surface area contributed by atoms with Gasteiger partial charge in [-0.2, -0.15) is 4.98 Å². The normalized spacial score (nSPS) is 11.9. The summed E-state index contributed by atoms with van der Waals surface area (Å²) in [4.78, 5) is 24.6. The molecule has 2 N–H and O–H groups in total. The molecule has 2 aromatic heterocycles. The molecule has 2 heterocycles. The van der Waals surface area contributed by atoms with Gasteiger partial charge in [-0.05, 0) is 36.2 Å². The van der Waals surface area contributed by atoms with Gasteiger partial charge in [0, 0.05) is 23.4 Å². The number of carbonyl (C=O) groups is 1. The largest absolute Gasteiger partial charge is 0.346 e. The first-order chi connectivity index (χ1) is 15.1. The van der Waals surface area contributed by atoms with Crippen LogP contribution < -0.4 is 5.32 Å². The van der Waals surface area contributed by atoms with Crippen molar-refractivity contribution in [1.82, 2.24) is 25.4 Å². The third-order valence-electron chi connectivity index (χ3n) is 4.89. The van der Waals surface area contributed by atoms with Crippen LogP contribution in [-0.4, -0.2) is 26.0 Å². The average Bonchev–Trinajstić information content (AvgIpc) is 3.47. The Bertz CT molecular complexity index is 1140. The molecule has 4 aromatic rings. The Morgan fingerprint density at radius 3 is 2.65 bits per heavy atom. The third-order valence-corrected chi connectivity index (χ3v) is 5.14. The highest BCUT2D eigenvalue weighted by Gasteiger charge is 2.17. The van der Waals surface area contributed by atoms with Gasteiger partial charge in [-0.3, -0.25) is 4.79 Å². The minimum absolute atomic E-state index is 0.101. The molecule has 0 aliphatic heterocycles. The van der Waals surface area contributed by atoms with Crippen molar-refractivity contribution in [2.24, 2.45) is 0 Å². The molecule has 7 nitrogen and oxygen atoms in total. The molecule has 0 saturated carbocycles. The third kappa shape index (κ3) is 5.19. The molecule has 31 heavy (non-hydrogen) atoms. The number of aromatic nitrogens is 4. The first-order valence-electron chi connectivity index (χ1n) is 10.1. The van der Waals surface area contributed by atoms with Crippen molar-refractivity contribution in [3.8, 4) is 22.6 Å². The van der Waals surface area contributed by atoms with Crippen LogP contribution in [0.25, 0.3) is 22.6 Å². The van der Waals surface area contributed by atoms with Crippen molar-refractivity contribution >= 4 is 17.5 Å². The molecule has 158 valence electrons. The van der Waals surface area contributed by atoms with E-state index in [-0.39, 0.29) is 18.4 Å². The van der Waals surface area contributed by atoms with Gasteiger partial charge in [0.25, 0.3) is 0 Å². The zero-order valence-electron chi connectivity index (χ0n) is 17.0. The standard InChI is InChI=1S/C23H22ClN5O2/c1-2-18(23-25-14-19(27-23)15-6-4-3-5-7-15)26-20(30)12-13-21-28-22(29-31-21)16-8-10-17(24)11-9-16/h3-11,14,18H,2,12-13H2,1H3,(H,25,27)(H,26,30). The van der Waals surface area contributed by atoms with Crippen LogP contribution in [0.3, 0.4) is 0 Å². The Balaban J connectivity index is 1.34. The van der Waals surface area contributed by atoms with Gasteiger partial charge in [0.1, 0.15) is 5.82 Å². The minimum atomic E-state index is -0.197. The van der Waals surface area contributed by atoms with Crippen molar-refractivity contribution in [1.29, 1.82) is 0 Å². The zero-order chi connectivity index (χ0) is 21.6. The summed E-state index contributed by atoms with van der Waals surface area (Å²) in [6.45, 7) is 2.01. The van der Waals surface area contributed by atoms with Crippen molar-refractivity contribution in [3.63, 3.8) is 0 Å². The number of benzene rings is 2. The number of aryl methyl sites for hydroxylation is 1. The number of halogens is 1. The van der Waals surface area contributed by atoms with Gasteiger partial charge in [0.2, 0.25) is 17.6 Å². The maximum absolute atomic E-state index is 12.5. The van der Waals surface area contributed by atoms with Gasteiger partial charge in [-0.25, -0.2) is 4.98 Å². The fraction of sp³-hybridized carbons (Fsp3) is 0.217. The van der Waals surface area contributed by atoms with Crippen LogP contribution in [0, 0.1) is 0 Å². The number of hydrogen-bond donors (Lipinski definition) is 2. The highest BCUT2D eigenvalue weighted by atomic mass is 35.5. The molecule has 8 heteroatoms. The molecule has 0 radical (unpaired) electrons. The Morgan fingerprint density at radius 2 is 1.90 bits per heavy atom. The van der Waals surface area contributed by atoms with Crippen LogP contribution in [0.1, 0.15) is 37.5 Å². The van der Waals surface area contributed by atoms with Crippen molar-refractivity contribution < 1.29 is 9.32 Å². The first kappa shape index (κ1) is 20.8. The molecule has 0 spiro atoms. The maximum Gasteiger partial charge on any atom is 0.227 e. The molecule has 1 amide bonds. The molecule has 1 atom stereocenters. The molecule has 4 rings (SSSR count). The van der Waals surface area contributed by atoms with Gasteiger partial charge < -0.3 is 14.8 Å². The van der Waals surface area contributed by atoms with Crippen molar-refractivity contribution in [3.05, 3.63) is 77.5 Å². The fourth-order valence-electron chi connectivity index (χ4n) is 3.20. The monoisotopic (exact) mass is 435 g/mol. The van der Waals surface area contributed by atoms with E-state index in [4.69, 9.17) is 16.1 Å². The number of nitrogens with zero attached hydrogens (tertiary/aromatic N) is 3. The Hall–Kier alpha value is -3.45. The maximum atomic E-state index is 12.5. The second kappa shape index (κ2) is 9.57. The Labute approximate surface area is 184 Å². The highest BCUT2D eigenvalue weighted by Crippen LogP contribution is 2.21. The molecular formula is C23H22ClN5O2. The average molecular weight is 436 g/mol. The first-order valence-corrected chi connectivity index (χ1v) is 10.5. The van der Waals surface area contributed by atoms with Crippen LogP contribution >= 0.6 is 11.6 Å². The summed E-state index contributed by atoms with van der Waals surface area (Å²) in [6, 6.07) is 16.9. The fourth-order valence-corrected chi connectivity index (χ4v) is 3.33.